The van der Waals surface area contributed by atoms with E-state index in [-0.39, 0.29) is 11.8 Å². The van der Waals surface area contributed by atoms with E-state index in [0.29, 0.717) is 35.1 Å². The molecule has 0 saturated heterocycles. The van der Waals surface area contributed by atoms with Gasteiger partial charge in [0.15, 0.2) is 0 Å². The molecule has 0 bridgehead atoms. The van der Waals surface area contributed by atoms with E-state index >= 15 is 0 Å². The fourth-order valence-corrected chi connectivity index (χ4v) is 2.66. The number of anilines is 1. The quantitative estimate of drug-likeness (QED) is 0.858. The second kappa shape index (κ2) is 8.53. The third kappa shape index (κ3) is 4.97. The lowest BCUT2D eigenvalue weighted by Gasteiger charge is -2.23. The van der Waals surface area contributed by atoms with E-state index in [9.17, 15) is 9.59 Å². The number of carbonyl (C=O) groups is 2. The number of nitrogens with one attached hydrogen (secondary N) is 1. The van der Waals surface area contributed by atoms with Gasteiger partial charge in [-0.1, -0.05) is 29.3 Å². The summed E-state index contributed by atoms with van der Waals surface area (Å²) in [5.74, 6) is 0.209. The Labute approximate surface area is 152 Å². The van der Waals surface area contributed by atoms with Crippen LogP contribution in [0.5, 0.6) is 5.75 Å². The van der Waals surface area contributed by atoms with Crippen molar-refractivity contribution in [3.8, 4) is 5.75 Å². The van der Waals surface area contributed by atoms with Crippen LogP contribution in [0.25, 0.3) is 0 Å². The van der Waals surface area contributed by atoms with Gasteiger partial charge in [-0.05, 0) is 37.3 Å². The Kier molecular flexibility index (Phi) is 6.42. The molecule has 0 spiro atoms. The van der Waals surface area contributed by atoms with Crippen molar-refractivity contribution in [2.45, 2.75) is 13.8 Å². The molecule has 0 heterocycles. The van der Waals surface area contributed by atoms with E-state index in [1.54, 1.807) is 24.3 Å². The van der Waals surface area contributed by atoms with Gasteiger partial charge in [-0.3, -0.25) is 9.59 Å². The molecule has 0 aliphatic carbocycles. The molecule has 6 heteroatoms. The molecule has 0 aliphatic heterocycles. The smallest absolute Gasteiger partial charge is 0.251 e. The van der Waals surface area contributed by atoms with Crippen LogP contribution in [0.4, 0.5) is 5.69 Å². The van der Waals surface area contributed by atoms with Crippen LogP contribution in [0, 0.1) is 6.92 Å². The number of benzene rings is 2. The molecule has 0 atom stereocenters. The number of aryl methyl sites for hydroxylation is 1. The van der Waals surface area contributed by atoms with Crippen LogP contribution in [-0.4, -0.2) is 32.0 Å². The van der Waals surface area contributed by atoms with Gasteiger partial charge in [0.2, 0.25) is 5.91 Å². The Hall–Kier alpha value is -2.53. The summed E-state index contributed by atoms with van der Waals surface area (Å²) >= 11 is 6.04. The monoisotopic (exact) mass is 360 g/mol. The van der Waals surface area contributed by atoms with Crippen LogP contribution in [0.2, 0.25) is 5.02 Å². The lowest BCUT2D eigenvalue weighted by molar-refractivity contribution is -0.116. The van der Waals surface area contributed by atoms with Gasteiger partial charge in [0.1, 0.15) is 5.75 Å². The summed E-state index contributed by atoms with van der Waals surface area (Å²) in [6, 6.07) is 12.4. The second-order valence-corrected chi connectivity index (χ2v) is 6.05. The zero-order valence-electron chi connectivity index (χ0n) is 14.5. The highest BCUT2D eigenvalue weighted by atomic mass is 35.5. The van der Waals surface area contributed by atoms with Crippen LogP contribution in [0.15, 0.2) is 42.5 Å². The summed E-state index contributed by atoms with van der Waals surface area (Å²) in [4.78, 5) is 25.8. The van der Waals surface area contributed by atoms with E-state index in [1.165, 1.54) is 18.9 Å². The van der Waals surface area contributed by atoms with E-state index in [0.717, 1.165) is 5.56 Å². The molecule has 2 aromatic rings. The first-order valence-electron chi connectivity index (χ1n) is 7.89. The third-order valence-electron chi connectivity index (χ3n) is 3.71. The first-order chi connectivity index (χ1) is 11.9. The summed E-state index contributed by atoms with van der Waals surface area (Å²) in [6.45, 7) is 4.01. The number of amides is 2. The van der Waals surface area contributed by atoms with E-state index in [4.69, 9.17) is 16.3 Å². The van der Waals surface area contributed by atoms with Crippen LogP contribution in [0.3, 0.4) is 0 Å². The molecule has 0 fully saturated rings. The average Bonchev–Trinajstić information content (AvgIpc) is 2.58. The molecular weight excluding hydrogens is 340 g/mol. The molecule has 0 radical (unpaired) electrons. The first-order valence-corrected chi connectivity index (χ1v) is 8.26. The Bertz CT molecular complexity index is 777. The average molecular weight is 361 g/mol. The van der Waals surface area contributed by atoms with Crippen molar-refractivity contribution in [2.24, 2.45) is 0 Å². The van der Waals surface area contributed by atoms with Crippen molar-refractivity contribution in [2.75, 3.05) is 25.1 Å². The maximum atomic E-state index is 12.2. The van der Waals surface area contributed by atoms with Crippen molar-refractivity contribution in [3.63, 3.8) is 0 Å². The number of hydrogen-bond donors (Lipinski definition) is 1. The topological polar surface area (TPSA) is 58.6 Å². The molecule has 0 aromatic heterocycles. The molecule has 0 unspecified atom stereocenters. The highest BCUT2D eigenvalue weighted by Crippen LogP contribution is 2.31. The van der Waals surface area contributed by atoms with Gasteiger partial charge in [0, 0.05) is 30.6 Å². The van der Waals surface area contributed by atoms with E-state index in [2.05, 4.69) is 5.32 Å². The van der Waals surface area contributed by atoms with Crippen molar-refractivity contribution >= 4 is 29.1 Å². The molecule has 5 nitrogen and oxygen atoms in total. The molecule has 132 valence electrons. The number of nitrogens with zero attached hydrogens (tertiary/aromatic N) is 1. The lowest BCUT2D eigenvalue weighted by Crippen LogP contribution is -2.37. The molecule has 2 amide bonds. The van der Waals surface area contributed by atoms with E-state index < -0.39 is 0 Å². The minimum atomic E-state index is -0.176. The zero-order chi connectivity index (χ0) is 18.4. The predicted octanol–water partition coefficient (Wildman–Crippen LogP) is 3.44. The number of carbonyl (C=O) groups excluding carboxylic acids is 2. The number of halogens is 1. The molecule has 2 rings (SSSR count). The zero-order valence-corrected chi connectivity index (χ0v) is 15.3. The standard InChI is InChI=1S/C19H21ClN2O3/c1-13-5-4-6-15(11-13)19(24)21-9-10-22(14(2)23)17-12-16(20)7-8-18(17)25-3/h4-8,11-12H,9-10H2,1-3H3,(H,21,24). The molecule has 0 saturated carbocycles. The third-order valence-corrected chi connectivity index (χ3v) is 3.95. The Balaban J connectivity index is 2.07. The Morgan fingerprint density at radius 2 is 1.96 bits per heavy atom. The predicted molar refractivity (Wildman–Crippen MR) is 99.5 cm³/mol. The normalized spacial score (nSPS) is 10.2. The Morgan fingerprint density at radius 3 is 2.60 bits per heavy atom. The fraction of sp³-hybridized carbons (Fsp3) is 0.263. The summed E-state index contributed by atoms with van der Waals surface area (Å²) in [6.07, 6.45) is 0. The van der Waals surface area contributed by atoms with Gasteiger partial charge < -0.3 is 15.0 Å². The lowest BCUT2D eigenvalue weighted by atomic mass is 10.1. The van der Waals surface area contributed by atoms with Crippen molar-refractivity contribution in [1.82, 2.24) is 5.32 Å². The maximum Gasteiger partial charge on any atom is 0.251 e. The summed E-state index contributed by atoms with van der Waals surface area (Å²) < 4.78 is 5.30. The highest BCUT2D eigenvalue weighted by Gasteiger charge is 2.17. The van der Waals surface area contributed by atoms with Gasteiger partial charge >= 0.3 is 0 Å². The number of rotatable bonds is 6. The first kappa shape index (κ1) is 18.8. The minimum absolute atomic E-state index is 0.162. The van der Waals surface area contributed by atoms with Gasteiger partial charge in [-0.2, -0.15) is 0 Å². The van der Waals surface area contributed by atoms with Crippen molar-refractivity contribution in [1.29, 1.82) is 0 Å². The van der Waals surface area contributed by atoms with Crippen LogP contribution in [-0.2, 0) is 4.79 Å². The summed E-state index contributed by atoms with van der Waals surface area (Å²) in [7, 11) is 1.53. The molecule has 2 aromatic carbocycles. The van der Waals surface area contributed by atoms with Crippen LogP contribution in [0.1, 0.15) is 22.8 Å². The van der Waals surface area contributed by atoms with Gasteiger partial charge in [-0.25, -0.2) is 0 Å². The van der Waals surface area contributed by atoms with Crippen LogP contribution < -0.4 is 15.0 Å². The Morgan fingerprint density at radius 1 is 1.20 bits per heavy atom. The van der Waals surface area contributed by atoms with Crippen molar-refractivity contribution in [3.05, 3.63) is 58.6 Å². The highest BCUT2D eigenvalue weighted by molar-refractivity contribution is 6.31. The number of ether oxygens (including phenoxy) is 1. The van der Waals surface area contributed by atoms with Gasteiger partial charge in [0.05, 0.1) is 12.8 Å². The molecule has 0 aliphatic rings. The number of hydrogen-bond acceptors (Lipinski definition) is 3. The maximum absolute atomic E-state index is 12.2. The second-order valence-electron chi connectivity index (χ2n) is 5.61. The van der Waals surface area contributed by atoms with Gasteiger partial charge in [0.25, 0.3) is 5.91 Å². The SMILES string of the molecule is COc1ccc(Cl)cc1N(CCNC(=O)c1cccc(C)c1)C(C)=O. The number of methoxy groups -OCH3 is 1. The molecular formula is C19H21ClN2O3. The molecule has 1 N–H and O–H groups in total. The van der Waals surface area contributed by atoms with Crippen LogP contribution >= 0.6 is 11.6 Å². The summed E-state index contributed by atoms with van der Waals surface area (Å²) in [5.41, 5.74) is 2.18. The fourth-order valence-electron chi connectivity index (χ4n) is 2.49. The minimum Gasteiger partial charge on any atom is -0.495 e. The van der Waals surface area contributed by atoms with Crippen molar-refractivity contribution < 1.29 is 14.3 Å². The summed E-state index contributed by atoms with van der Waals surface area (Å²) in [5, 5.41) is 3.33. The molecule has 25 heavy (non-hydrogen) atoms. The van der Waals surface area contributed by atoms with E-state index in [1.807, 2.05) is 25.1 Å². The largest absolute Gasteiger partial charge is 0.495 e. The van der Waals surface area contributed by atoms with Gasteiger partial charge in [-0.15, -0.1) is 0 Å².